The first-order chi connectivity index (χ1) is 13.5. The molecule has 1 atom stereocenters. The van der Waals surface area contributed by atoms with E-state index in [-0.39, 0.29) is 11.8 Å². The summed E-state index contributed by atoms with van der Waals surface area (Å²) < 4.78 is 13.7. The Morgan fingerprint density at radius 3 is 2.64 bits per heavy atom. The topological polar surface area (TPSA) is 86.1 Å². The number of allylic oxidation sites excluding steroid dienone is 1. The molecule has 140 valence electrons. The number of nitrogens with two attached hydrogens (primary N) is 1. The van der Waals surface area contributed by atoms with Gasteiger partial charge in [-0.1, -0.05) is 24.3 Å². The van der Waals surface area contributed by atoms with Gasteiger partial charge < -0.3 is 15.2 Å². The zero-order valence-electron chi connectivity index (χ0n) is 15.3. The summed E-state index contributed by atoms with van der Waals surface area (Å²) in [5, 5.41) is 14.4. The highest BCUT2D eigenvalue weighted by atomic mass is 79.9. The molecule has 6 nitrogen and oxygen atoms in total. The number of halogens is 1. The minimum absolute atomic E-state index is 0.0871. The fraction of sp³-hybridized carbons (Fsp3) is 0.143. The minimum Gasteiger partial charge on any atom is -0.496 e. The molecule has 7 heteroatoms. The molecule has 1 aromatic heterocycles. The van der Waals surface area contributed by atoms with Gasteiger partial charge in [0.2, 0.25) is 11.8 Å². The maximum atomic E-state index is 9.77. The van der Waals surface area contributed by atoms with Crippen molar-refractivity contribution in [3.63, 3.8) is 0 Å². The number of ether oxygens (including phenoxy) is 2. The zero-order valence-corrected chi connectivity index (χ0v) is 16.9. The second-order valence-electron chi connectivity index (χ2n) is 6.37. The van der Waals surface area contributed by atoms with Gasteiger partial charge in [-0.2, -0.15) is 10.4 Å². The van der Waals surface area contributed by atoms with Crippen LogP contribution in [-0.2, 0) is 0 Å². The molecule has 0 saturated heterocycles. The molecule has 0 fully saturated rings. The largest absolute Gasteiger partial charge is 0.496 e. The van der Waals surface area contributed by atoms with Gasteiger partial charge in [-0.3, -0.25) is 0 Å². The van der Waals surface area contributed by atoms with Crippen molar-refractivity contribution in [3.8, 4) is 23.4 Å². The first-order valence-corrected chi connectivity index (χ1v) is 9.40. The molecule has 1 aliphatic heterocycles. The molecule has 0 radical (unpaired) electrons. The number of methoxy groups -OCH3 is 1. The van der Waals surface area contributed by atoms with Gasteiger partial charge in [-0.25, -0.2) is 4.68 Å². The van der Waals surface area contributed by atoms with Crippen LogP contribution in [0.2, 0.25) is 0 Å². The van der Waals surface area contributed by atoms with Crippen molar-refractivity contribution in [1.82, 2.24) is 9.78 Å². The van der Waals surface area contributed by atoms with E-state index in [1.807, 2.05) is 55.5 Å². The summed E-state index contributed by atoms with van der Waals surface area (Å²) in [6.45, 7) is 1.91. The number of hydrogen-bond acceptors (Lipinski definition) is 5. The Bertz CT molecular complexity index is 1130. The second-order valence-corrected chi connectivity index (χ2v) is 7.22. The molecule has 4 rings (SSSR count). The summed E-state index contributed by atoms with van der Waals surface area (Å²) >= 11 is 3.52. The highest BCUT2D eigenvalue weighted by Crippen LogP contribution is 2.45. The number of nitriles is 1. The van der Waals surface area contributed by atoms with E-state index in [0.29, 0.717) is 17.2 Å². The zero-order chi connectivity index (χ0) is 19.8. The van der Waals surface area contributed by atoms with E-state index < -0.39 is 0 Å². The highest BCUT2D eigenvalue weighted by molar-refractivity contribution is 9.10. The van der Waals surface area contributed by atoms with Crippen LogP contribution in [0, 0.1) is 18.3 Å². The maximum Gasteiger partial charge on any atom is 0.229 e. The summed E-state index contributed by atoms with van der Waals surface area (Å²) in [5.41, 5.74) is 9.85. The molecule has 1 unspecified atom stereocenters. The van der Waals surface area contributed by atoms with Gasteiger partial charge in [-0.15, -0.1) is 0 Å². The maximum absolute atomic E-state index is 9.77. The van der Waals surface area contributed by atoms with Crippen molar-refractivity contribution >= 4 is 15.9 Å². The van der Waals surface area contributed by atoms with Crippen molar-refractivity contribution in [2.24, 2.45) is 5.73 Å². The Morgan fingerprint density at radius 1 is 1.25 bits per heavy atom. The van der Waals surface area contributed by atoms with Crippen LogP contribution in [0.15, 0.2) is 64.5 Å². The fourth-order valence-corrected chi connectivity index (χ4v) is 4.01. The van der Waals surface area contributed by atoms with Gasteiger partial charge in [0.15, 0.2) is 0 Å². The van der Waals surface area contributed by atoms with E-state index in [2.05, 4.69) is 27.1 Å². The third-order valence-electron chi connectivity index (χ3n) is 4.74. The lowest BCUT2D eigenvalue weighted by molar-refractivity contribution is 0.367. The van der Waals surface area contributed by atoms with Crippen molar-refractivity contribution in [2.75, 3.05) is 7.11 Å². The minimum atomic E-state index is -0.381. The predicted molar refractivity (Wildman–Crippen MR) is 108 cm³/mol. The average molecular weight is 437 g/mol. The molecule has 0 aliphatic carbocycles. The van der Waals surface area contributed by atoms with E-state index in [0.717, 1.165) is 27.0 Å². The third-order valence-corrected chi connectivity index (χ3v) is 5.36. The number of fused-ring (bicyclic) bond motifs is 1. The monoisotopic (exact) mass is 436 g/mol. The SMILES string of the molecule is COc1ccc(C2C(C#N)=C(N)Oc3c2c(C)nn3-c2ccccc2)cc1Br. The molecule has 2 N–H and O–H groups in total. The van der Waals surface area contributed by atoms with Gasteiger partial charge in [0.05, 0.1) is 34.4 Å². The molecule has 1 aliphatic rings. The first-order valence-electron chi connectivity index (χ1n) is 8.61. The van der Waals surface area contributed by atoms with E-state index in [4.69, 9.17) is 15.2 Å². The van der Waals surface area contributed by atoms with Gasteiger partial charge in [0, 0.05) is 0 Å². The Kier molecular flexibility index (Phi) is 4.57. The van der Waals surface area contributed by atoms with Gasteiger partial charge in [0.25, 0.3) is 0 Å². The van der Waals surface area contributed by atoms with Crippen LogP contribution < -0.4 is 15.2 Å². The molecule has 28 heavy (non-hydrogen) atoms. The van der Waals surface area contributed by atoms with Gasteiger partial charge >= 0.3 is 0 Å². The molecular weight excluding hydrogens is 420 g/mol. The number of benzene rings is 2. The molecule has 0 saturated carbocycles. The molecule has 2 heterocycles. The highest BCUT2D eigenvalue weighted by Gasteiger charge is 2.36. The van der Waals surface area contributed by atoms with Crippen LogP contribution >= 0.6 is 15.9 Å². The number of aromatic nitrogens is 2. The lowest BCUT2D eigenvalue weighted by Crippen LogP contribution is -2.22. The van der Waals surface area contributed by atoms with Crippen molar-refractivity contribution < 1.29 is 9.47 Å². The third kappa shape index (κ3) is 2.83. The summed E-state index contributed by atoms with van der Waals surface area (Å²) in [6, 6.07) is 17.6. The number of nitrogens with zero attached hydrogens (tertiary/aromatic N) is 3. The van der Waals surface area contributed by atoms with Crippen LogP contribution in [0.3, 0.4) is 0 Å². The smallest absolute Gasteiger partial charge is 0.229 e. The molecule has 0 bridgehead atoms. The van der Waals surface area contributed by atoms with Crippen LogP contribution in [0.5, 0.6) is 11.6 Å². The second kappa shape index (κ2) is 7.06. The molecule has 3 aromatic rings. The number of rotatable bonds is 3. The number of para-hydroxylation sites is 1. The Hall–Kier alpha value is -3.24. The number of hydrogen-bond donors (Lipinski definition) is 1. The normalized spacial score (nSPS) is 15.6. The van der Waals surface area contributed by atoms with Crippen LogP contribution in [0.25, 0.3) is 5.69 Å². The quantitative estimate of drug-likeness (QED) is 0.665. The predicted octanol–water partition coefficient (Wildman–Crippen LogP) is 4.17. The van der Waals surface area contributed by atoms with Crippen molar-refractivity contribution in [1.29, 1.82) is 5.26 Å². The fourth-order valence-electron chi connectivity index (χ4n) is 3.45. The molecule has 2 aromatic carbocycles. The van der Waals surface area contributed by atoms with E-state index >= 15 is 0 Å². The summed E-state index contributed by atoms with van der Waals surface area (Å²) in [6.07, 6.45) is 0. The average Bonchev–Trinajstić information content (AvgIpc) is 3.03. The molecule has 0 spiro atoms. The van der Waals surface area contributed by atoms with E-state index in [9.17, 15) is 5.26 Å². The van der Waals surface area contributed by atoms with Gasteiger partial charge in [0.1, 0.15) is 17.4 Å². The summed E-state index contributed by atoms with van der Waals surface area (Å²) in [4.78, 5) is 0. The van der Waals surface area contributed by atoms with E-state index in [1.54, 1.807) is 11.8 Å². The standard InChI is InChI=1S/C21H17BrN4O2/c1-12-18-19(13-8-9-17(27-2)16(22)10-13)15(11-23)20(24)28-21(18)26(25-12)14-6-4-3-5-7-14/h3-10,19H,24H2,1-2H3. The summed E-state index contributed by atoms with van der Waals surface area (Å²) in [5.74, 6) is 0.942. The Labute approximate surface area is 170 Å². The van der Waals surface area contributed by atoms with E-state index in [1.165, 1.54) is 0 Å². The van der Waals surface area contributed by atoms with Crippen LogP contribution in [0.4, 0.5) is 0 Å². The Morgan fingerprint density at radius 2 is 2.00 bits per heavy atom. The lowest BCUT2D eigenvalue weighted by atomic mass is 9.84. The van der Waals surface area contributed by atoms with Crippen molar-refractivity contribution in [3.05, 3.63) is 81.3 Å². The molecular formula is C21H17BrN4O2. The number of aryl methyl sites for hydroxylation is 1. The first kappa shape index (κ1) is 18.1. The van der Waals surface area contributed by atoms with Crippen LogP contribution in [0.1, 0.15) is 22.7 Å². The Balaban J connectivity index is 1.94. The molecule has 0 amide bonds. The summed E-state index contributed by atoms with van der Waals surface area (Å²) in [7, 11) is 1.61. The van der Waals surface area contributed by atoms with Crippen LogP contribution in [-0.4, -0.2) is 16.9 Å². The van der Waals surface area contributed by atoms with Crippen molar-refractivity contribution in [2.45, 2.75) is 12.8 Å². The lowest BCUT2D eigenvalue weighted by Gasteiger charge is -2.25. The van der Waals surface area contributed by atoms with Gasteiger partial charge in [-0.05, 0) is 52.7 Å².